The molecule has 1 nitrogen and oxygen atoms in total. The predicted octanol–water partition coefficient (Wildman–Crippen LogP) is 4.10. The van der Waals surface area contributed by atoms with E-state index in [1.165, 1.54) is 12.0 Å². The first-order valence-corrected chi connectivity index (χ1v) is 6.84. The van der Waals surface area contributed by atoms with Crippen molar-refractivity contribution in [3.63, 3.8) is 0 Å². The van der Waals surface area contributed by atoms with Gasteiger partial charge in [-0.25, -0.2) is 0 Å². The van der Waals surface area contributed by atoms with E-state index in [0.29, 0.717) is 11.7 Å². The summed E-state index contributed by atoms with van der Waals surface area (Å²) in [6.07, 6.45) is 7.35. The van der Waals surface area contributed by atoms with Crippen LogP contribution in [0.1, 0.15) is 38.7 Å². The fraction of sp³-hybridized carbons (Fsp3) is 0.471. The van der Waals surface area contributed by atoms with Crippen molar-refractivity contribution < 1.29 is 4.79 Å². The Morgan fingerprint density at radius 2 is 1.94 bits per heavy atom. The second-order valence-electron chi connectivity index (χ2n) is 6.30. The van der Waals surface area contributed by atoms with Gasteiger partial charge in [0.15, 0.2) is 0 Å². The topological polar surface area (TPSA) is 17.1 Å². The summed E-state index contributed by atoms with van der Waals surface area (Å²) in [7, 11) is 0. The van der Waals surface area contributed by atoms with Crippen LogP contribution in [0.25, 0.3) is 6.08 Å². The van der Waals surface area contributed by atoms with Gasteiger partial charge in [0, 0.05) is 6.42 Å². The zero-order chi connectivity index (χ0) is 12.8. The van der Waals surface area contributed by atoms with E-state index in [1.54, 1.807) is 0 Å². The van der Waals surface area contributed by atoms with Crippen molar-refractivity contribution in [2.45, 2.75) is 33.1 Å². The van der Waals surface area contributed by atoms with Gasteiger partial charge in [-0.1, -0.05) is 56.3 Å². The fourth-order valence-corrected chi connectivity index (χ4v) is 3.90. The van der Waals surface area contributed by atoms with Crippen molar-refractivity contribution in [3.8, 4) is 0 Å². The monoisotopic (exact) mass is 240 g/mol. The van der Waals surface area contributed by atoms with Crippen LogP contribution in [0.2, 0.25) is 0 Å². The molecular formula is C17H20O. The van der Waals surface area contributed by atoms with Gasteiger partial charge in [0.1, 0.15) is 5.78 Å². The van der Waals surface area contributed by atoms with Crippen molar-refractivity contribution >= 4 is 11.9 Å². The first kappa shape index (κ1) is 11.7. The van der Waals surface area contributed by atoms with Crippen LogP contribution in [0.5, 0.6) is 0 Å². The van der Waals surface area contributed by atoms with E-state index < -0.39 is 0 Å². The lowest BCUT2D eigenvalue weighted by Gasteiger charge is -2.33. The summed E-state index contributed by atoms with van der Waals surface area (Å²) < 4.78 is 0. The van der Waals surface area contributed by atoms with Gasteiger partial charge in [0.25, 0.3) is 0 Å². The van der Waals surface area contributed by atoms with Crippen molar-refractivity contribution in [2.24, 2.45) is 16.7 Å². The van der Waals surface area contributed by atoms with Crippen molar-refractivity contribution in [1.29, 1.82) is 0 Å². The third-order valence-electron chi connectivity index (χ3n) is 5.35. The Kier molecular flexibility index (Phi) is 2.48. The molecule has 3 rings (SSSR count). The standard InChI is InChI=1S/C17H20O/c1-16(2)14-9-11-17(16,15(18)12-14)10-8-13-6-4-3-5-7-13/h3-8,10,14H,9,11-12H2,1-2H3. The summed E-state index contributed by atoms with van der Waals surface area (Å²) in [6, 6.07) is 10.3. The number of benzene rings is 1. The summed E-state index contributed by atoms with van der Waals surface area (Å²) >= 11 is 0. The number of carbonyl (C=O) groups is 1. The molecule has 0 amide bonds. The minimum Gasteiger partial charge on any atom is -0.299 e. The summed E-state index contributed by atoms with van der Waals surface area (Å²) in [6.45, 7) is 4.54. The molecule has 0 aliphatic heterocycles. The maximum absolute atomic E-state index is 12.3. The van der Waals surface area contributed by atoms with E-state index >= 15 is 0 Å². The third kappa shape index (κ3) is 1.43. The molecule has 18 heavy (non-hydrogen) atoms. The smallest absolute Gasteiger partial charge is 0.143 e. The number of ketones is 1. The molecule has 2 unspecified atom stereocenters. The molecule has 94 valence electrons. The first-order valence-electron chi connectivity index (χ1n) is 6.84. The Morgan fingerprint density at radius 3 is 2.50 bits per heavy atom. The Hall–Kier alpha value is -1.37. The Balaban J connectivity index is 1.96. The van der Waals surface area contributed by atoms with Gasteiger partial charge < -0.3 is 0 Å². The Bertz CT molecular complexity index is 498. The molecule has 0 heterocycles. The van der Waals surface area contributed by atoms with E-state index in [0.717, 1.165) is 12.8 Å². The Morgan fingerprint density at radius 1 is 1.22 bits per heavy atom. The molecule has 0 radical (unpaired) electrons. The van der Waals surface area contributed by atoms with Gasteiger partial charge >= 0.3 is 0 Å². The summed E-state index contributed by atoms with van der Waals surface area (Å²) in [4.78, 5) is 12.3. The fourth-order valence-electron chi connectivity index (χ4n) is 3.90. The summed E-state index contributed by atoms with van der Waals surface area (Å²) in [5.74, 6) is 1.04. The maximum Gasteiger partial charge on any atom is 0.143 e. The number of hydrogen-bond donors (Lipinski definition) is 0. The van der Waals surface area contributed by atoms with Crippen LogP contribution in [0.15, 0.2) is 36.4 Å². The molecule has 0 aromatic heterocycles. The minimum atomic E-state index is -0.201. The van der Waals surface area contributed by atoms with E-state index in [2.05, 4.69) is 38.1 Å². The lowest BCUT2D eigenvalue weighted by atomic mass is 9.68. The van der Waals surface area contributed by atoms with Gasteiger partial charge in [0.2, 0.25) is 0 Å². The van der Waals surface area contributed by atoms with Crippen molar-refractivity contribution in [3.05, 3.63) is 42.0 Å². The van der Waals surface area contributed by atoms with Gasteiger partial charge in [-0.15, -0.1) is 0 Å². The zero-order valence-electron chi connectivity index (χ0n) is 11.1. The number of rotatable bonds is 2. The van der Waals surface area contributed by atoms with Crippen LogP contribution in [0, 0.1) is 16.7 Å². The Labute approximate surface area is 109 Å². The second kappa shape index (κ2) is 3.81. The number of Topliss-reactive ketones (excluding diaryl/α,β-unsaturated/α-hetero) is 1. The molecule has 1 aromatic rings. The van der Waals surface area contributed by atoms with Crippen molar-refractivity contribution in [1.82, 2.24) is 0 Å². The van der Waals surface area contributed by atoms with Gasteiger partial charge in [-0.2, -0.15) is 0 Å². The quantitative estimate of drug-likeness (QED) is 0.760. The molecular weight excluding hydrogens is 220 g/mol. The van der Waals surface area contributed by atoms with E-state index in [-0.39, 0.29) is 10.8 Å². The number of allylic oxidation sites excluding steroid dienone is 1. The lowest BCUT2D eigenvalue weighted by Crippen LogP contribution is -2.33. The molecule has 1 heteroatoms. The predicted molar refractivity (Wildman–Crippen MR) is 74.0 cm³/mol. The van der Waals surface area contributed by atoms with Crippen LogP contribution < -0.4 is 0 Å². The van der Waals surface area contributed by atoms with Gasteiger partial charge in [-0.05, 0) is 29.7 Å². The molecule has 2 atom stereocenters. The van der Waals surface area contributed by atoms with E-state index in [4.69, 9.17) is 0 Å². The normalized spacial score (nSPS) is 33.4. The maximum atomic E-state index is 12.3. The number of hydrogen-bond acceptors (Lipinski definition) is 1. The van der Waals surface area contributed by atoms with E-state index in [9.17, 15) is 4.79 Å². The minimum absolute atomic E-state index is 0.134. The van der Waals surface area contributed by atoms with Crippen molar-refractivity contribution in [2.75, 3.05) is 0 Å². The zero-order valence-corrected chi connectivity index (χ0v) is 11.1. The highest BCUT2D eigenvalue weighted by Gasteiger charge is 2.62. The average Bonchev–Trinajstić information content (AvgIpc) is 2.72. The molecule has 2 fully saturated rings. The van der Waals surface area contributed by atoms with Gasteiger partial charge in [0.05, 0.1) is 5.41 Å². The second-order valence-corrected chi connectivity index (χ2v) is 6.30. The molecule has 2 aliphatic carbocycles. The van der Waals surface area contributed by atoms with E-state index in [1.807, 2.05) is 18.2 Å². The molecule has 2 bridgehead atoms. The highest BCUT2D eigenvalue weighted by atomic mass is 16.1. The summed E-state index contributed by atoms with van der Waals surface area (Å²) in [5.41, 5.74) is 1.12. The lowest BCUT2D eigenvalue weighted by molar-refractivity contribution is -0.126. The molecule has 2 saturated carbocycles. The molecule has 0 saturated heterocycles. The first-order chi connectivity index (χ1) is 8.56. The van der Waals surface area contributed by atoms with Crippen LogP contribution in [-0.4, -0.2) is 5.78 Å². The van der Waals surface area contributed by atoms with Crippen LogP contribution in [0.4, 0.5) is 0 Å². The highest BCUT2D eigenvalue weighted by molar-refractivity contribution is 5.92. The average molecular weight is 240 g/mol. The van der Waals surface area contributed by atoms with Crippen LogP contribution >= 0.6 is 0 Å². The molecule has 0 N–H and O–H groups in total. The van der Waals surface area contributed by atoms with Crippen LogP contribution in [0.3, 0.4) is 0 Å². The number of carbonyl (C=O) groups excluding carboxylic acids is 1. The van der Waals surface area contributed by atoms with Crippen LogP contribution in [-0.2, 0) is 4.79 Å². The SMILES string of the molecule is CC1(C)C2CCC1(C=Cc1ccccc1)C(=O)C2. The largest absolute Gasteiger partial charge is 0.299 e. The highest BCUT2D eigenvalue weighted by Crippen LogP contribution is 2.64. The molecule has 0 spiro atoms. The molecule has 1 aromatic carbocycles. The molecule has 2 aliphatic rings. The summed E-state index contributed by atoms with van der Waals surface area (Å²) in [5, 5.41) is 0. The number of fused-ring (bicyclic) bond motifs is 2. The third-order valence-corrected chi connectivity index (χ3v) is 5.35. The van der Waals surface area contributed by atoms with Gasteiger partial charge in [-0.3, -0.25) is 4.79 Å².